The van der Waals surface area contributed by atoms with E-state index in [1.54, 1.807) is 69.0 Å². The van der Waals surface area contributed by atoms with E-state index >= 15 is 0 Å². The first-order valence-electron chi connectivity index (χ1n) is 12.6. The van der Waals surface area contributed by atoms with Crippen LogP contribution in [0.4, 0.5) is 0 Å². The van der Waals surface area contributed by atoms with Crippen molar-refractivity contribution in [3.8, 4) is 0 Å². The van der Waals surface area contributed by atoms with Gasteiger partial charge < -0.3 is 15.5 Å². The molecule has 0 radical (unpaired) electrons. The first-order chi connectivity index (χ1) is 18.7. The zero-order valence-electron chi connectivity index (χ0n) is 22.2. The number of aryl methyl sites for hydroxylation is 1. The average molecular weight is 547 g/mol. The fourth-order valence-corrected chi connectivity index (χ4v) is 4.51. The number of carbonyl (C=O) groups is 2. The number of likely N-dealkylation sites (N-methyl/N-ethyl adjacent to an activating group) is 1. The van der Waals surface area contributed by atoms with Gasteiger partial charge in [-0.2, -0.15) is 0 Å². The van der Waals surface area contributed by atoms with Crippen LogP contribution in [0.15, 0.2) is 71.8 Å². The van der Waals surface area contributed by atoms with Crippen molar-refractivity contribution in [3.63, 3.8) is 0 Å². The molecule has 0 saturated heterocycles. The summed E-state index contributed by atoms with van der Waals surface area (Å²) in [6, 6.07) is 14.3. The quantitative estimate of drug-likeness (QED) is 0.344. The highest BCUT2D eigenvalue weighted by molar-refractivity contribution is 6.31. The number of hydrogen-bond acceptors (Lipinski definition) is 6. The Morgan fingerprint density at radius 1 is 1.05 bits per heavy atom. The number of amides is 2. The smallest absolute Gasteiger partial charge is 0.261 e. The molecule has 2 N–H and O–H groups in total. The summed E-state index contributed by atoms with van der Waals surface area (Å²) in [7, 11) is 3.21. The molecule has 10 heteroatoms. The number of halogens is 1. The Bertz CT molecular complexity index is 1540. The molecule has 4 aromatic rings. The number of pyridine rings is 1. The van der Waals surface area contributed by atoms with Gasteiger partial charge in [-0.25, -0.2) is 4.98 Å². The van der Waals surface area contributed by atoms with Gasteiger partial charge in [-0.3, -0.25) is 23.9 Å². The standard InChI is InChI=1S/C29H31ClN6O3/c1-19-5-7-21(8-6-19)27(37)35(16-4-13-31)25(29(39)34(2)3)26-33-24-17-22(30)9-10-23(24)28(38)36(26)18-20-11-14-32-15-12-20/h5-12,14-15,17,25H,4,13,16,18,31H2,1-3H3. The molecule has 2 heterocycles. The zero-order valence-corrected chi connectivity index (χ0v) is 22.9. The van der Waals surface area contributed by atoms with E-state index in [-0.39, 0.29) is 30.4 Å². The Labute approximate surface area is 231 Å². The Balaban J connectivity index is 1.99. The third kappa shape index (κ3) is 6.16. The first kappa shape index (κ1) is 27.9. The minimum absolute atomic E-state index is 0.128. The molecule has 1 unspecified atom stereocenters. The lowest BCUT2D eigenvalue weighted by molar-refractivity contribution is -0.134. The van der Waals surface area contributed by atoms with Gasteiger partial charge in [0.25, 0.3) is 17.4 Å². The summed E-state index contributed by atoms with van der Waals surface area (Å²) < 4.78 is 1.45. The topological polar surface area (TPSA) is 114 Å². The van der Waals surface area contributed by atoms with Crippen LogP contribution in [0, 0.1) is 6.92 Å². The van der Waals surface area contributed by atoms with Crippen LogP contribution in [0.25, 0.3) is 10.9 Å². The Morgan fingerprint density at radius 2 is 1.74 bits per heavy atom. The first-order valence-corrected chi connectivity index (χ1v) is 13.0. The summed E-state index contributed by atoms with van der Waals surface area (Å²) in [6.45, 7) is 2.56. The Hall–Kier alpha value is -4.08. The van der Waals surface area contributed by atoms with Gasteiger partial charge in [-0.1, -0.05) is 29.3 Å². The van der Waals surface area contributed by atoms with Crippen molar-refractivity contribution in [1.82, 2.24) is 24.3 Å². The average Bonchev–Trinajstić information content (AvgIpc) is 2.93. The molecule has 0 aliphatic heterocycles. The number of nitrogens with zero attached hydrogens (tertiary/aromatic N) is 5. The molecule has 0 aliphatic rings. The monoisotopic (exact) mass is 546 g/mol. The number of fused-ring (bicyclic) bond motifs is 1. The largest absolute Gasteiger partial charge is 0.347 e. The van der Waals surface area contributed by atoms with E-state index in [1.165, 1.54) is 14.4 Å². The lowest BCUT2D eigenvalue weighted by Crippen LogP contribution is -2.47. The van der Waals surface area contributed by atoms with E-state index in [0.717, 1.165) is 11.1 Å². The molecule has 0 fully saturated rings. The number of benzene rings is 2. The van der Waals surface area contributed by atoms with Gasteiger partial charge in [0.15, 0.2) is 6.04 Å². The molecule has 0 saturated carbocycles. The third-order valence-corrected chi connectivity index (χ3v) is 6.67. The van der Waals surface area contributed by atoms with E-state index in [2.05, 4.69) is 4.98 Å². The van der Waals surface area contributed by atoms with Crippen molar-refractivity contribution in [2.75, 3.05) is 27.2 Å². The van der Waals surface area contributed by atoms with Gasteiger partial charge in [-0.15, -0.1) is 0 Å². The van der Waals surface area contributed by atoms with E-state index in [9.17, 15) is 14.4 Å². The predicted octanol–water partition coefficient (Wildman–Crippen LogP) is 3.42. The second-order valence-corrected chi connectivity index (χ2v) is 9.96. The SMILES string of the molecule is Cc1ccc(C(=O)N(CCCN)C(C(=O)N(C)C)c2nc3cc(Cl)ccc3c(=O)n2Cc2ccncc2)cc1. The second-order valence-electron chi connectivity index (χ2n) is 9.52. The lowest BCUT2D eigenvalue weighted by Gasteiger charge is -2.33. The fourth-order valence-electron chi connectivity index (χ4n) is 4.34. The molecule has 0 aliphatic carbocycles. The van der Waals surface area contributed by atoms with Crippen LogP contribution in [-0.4, -0.2) is 63.3 Å². The van der Waals surface area contributed by atoms with Crippen LogP contribution in [0.3, 0.4) is 0 Å². The zero-order chi connectivity index (χ0) is 28.1. The van der Waals surface area contributed by atoms with Crippen LogP contribution in [0.1, 0.15) is 39.8 Å². The maximum atomic E-state index is 13.9. The second kappa shape index (κ2) is 12.2. The summed E-state index contributed by atoms with van der Waals surface area (Å²) in [6.07, 6.45) is 3.71. The predicted molar refractivity (Wildman–Crippen MR) is 152 cm³/mol. The van der Waals surface area contributed by atoms with Crippen molar-refractivity contribution in [3.05, 3.63) is 105 Å². The van der Waals surface area contributed by atoms with Crippen molar-refractivity contribution in [2.24, 2.45) is 5.73 Å². The van der Waals surface area contributed by atoms with Gasteiger partial charge in [0.1, 0.15) is 5.82 Å². The van der Waals surface area contributed by atoms with Crippen LogP contribution in [0.5, 0.6) is 0 Å². The minimum Gasteiger partial charge on any atom is -0.347 e. The van der Waals surface area contributed by atoms with Gasteiger partial charge in [0, 0.05) is 43.6 Å². The Kier molecular flexibility index (Phi) is 8.73. The van der Waals surface area contributed by atoms with Gasteiger partial charge in [0.05, 0.1) is 17.4 Å². The maximum absolute atomic E-state index is 13.9. The van der Waals surface area contributed by atoms with Crippen molar-refractivity contribution in [2.45, 2.75) is 25.9 Å². The molecule has 2 aromatic heterocycles. The number of hydrogen-bond donors (Lipinski definition) is 1. The number of nitrogens with two attached hydrogens (primary N) is 1. The van der Waals surface area contributed by atoms with E-state index in [0.29, 0.717) is 34.5 Å². The molecule has 9 nitrogen and oxygen atoms in total. The number of rotatable bonds is 9. The number of aromatic nitrogens is 3. The molecule has 2 amide bonds. The molecule has 202 valence electrons. The summed E-state index contributed by atoms with van der Waals surface area (Å²) in [4.78, 5) is 53.4. The maximum Gasteiger partial charge on any atom is 0.261 e. The lowest BCUT2D eigenvalue weighted by atomic mass is 10.1. The molecular weight excluding hydrogens is 516 g/mol. The highest BCUT2D eigenvalue weighted by atomic mass is 35.5. The number of carbonyl (C=O) groups excluding carboxylic acids is 2. The van der Waals surface area contributed by atoms with E-state index in [1.807, 2.05) is 19.1 Å². The molecule has 39 heavy (non-hydrogen) atoms. The van der Waals surface area contributed by atoms with Crippen LogP contribution >= 0.6 is 11.6 Å². The van der Waals surface area contributed by atoms with Crippen molar-refractivity contribution >= 4 is 34.3 Å². The van der Waals surface area contributed by atoms with Crippen LogP contribution in [-0.2, 0) is 11.3 Å². The fraction of sp³-hybridized carbons (Fsp3) is 0.276. The van der Waals surface area contributed by atoms with Crippen molar-refractivity contribution < 1.29 is 9.59 Å². The normalized spacial score (nSPS) is 11.8. The van der Waals surface area contributed by atoms with E-state index in [4.69, 9.17) is 22.3 Å². The molecule has 2 aromatic carbocycles. The third-order valence-electron chi connectivity index (χ3n) is 6.43. The van der Waals surface area contributed by atoms with Crippen molar-refractivity contribution in [1.29, 1.82) is 0 Å². The van der Waals surface area contributed by atoms with Gasteiger partial charge >= 0.3 is 0 Å². The summed E-state index contributed by atoms with van der Waals surface area (Å²) >= 11 is 6.25. The summed E-state index contributed by atoms with van der Waals surface area (Å²) in [5.74, 6) is -0.619. The summed E-state index contributed by atoms with van der Waals surface area (Å²) in [5, 5.41) is 0.755. The Morgan fingerprint density at radius 3 is 2.38 bits per heavy atom. The highest BCUT2D eigenvalue weighted by Gasteiger charge is 2.36. The highest BCUT2D eigenvalue weighted by Crippen LogP contribution is 2.26. The summed E-state index contributed by atoms with van der Waals surface area (Å²) in [5.41, 5.74) is 8.03. The molecule has 0 spiro atoms. The minimum atomic E-state index is -1.20. The molecular formula is C29H31ClN6O3. The molecule has 0 bridgehead atoms. The van der Waals surface area contributed by atoms with Crippen LogP contribution < -0.4 is 11.3 Å². The van der Waals surface area contributed by atoms with E-state index < -0.39 is 11.9 Å². The van der Waals surface area contributed by atoms with Gasteiger partial charge in [0.2, 0.25) is 0 Å². The van der Waals surface area contributed by atoms with Gasteiger partial charge in [-0.05, 0) is 67.9 Å². The molecule has 1 atom stereocenters. The van der Waals surface area contributed by atoms with Crippen LogP contribution in [0.2, 0.25) is 5.02 Å². The molecule has 4 rings (SSSR count).